The van der Waals surface area contributed by atoms with Crippen LogP contribution in [-0.4, -0.2) is 41.8 Å². The molecule has 0 aliphatic heterocycles. The average molecular weight is 320 g/mol. The lowest BCUT2D eigenvalue weighted by Crippen LogP contribution is -2.13. The monoisotopic (exact) mass is 320 g/mol. The molecule has 0 aromatic heterocycles. The second-order valence-electron chi connectivity index (χ2n) is 4.56. The molecule has 23 heavy (non-hydrogen) atoms. The van der Waals surface area contributed by atoms with E-state index in [9.17, 15) is 19.2 Å². The van der Waals surface area contributed by atoms with Crippen LogP contribution in [0.25, 0.3) is 0 Å². The van der Waals surface area contributed by atoms with Crippen LogP contribution < -0.4 is 4.74 Å². The lowest BCUT2D eigenvalue weighted by atomic mass is 10.1. The third-order valence-electron chi connectivity index (χ3n) is 2.68. The van der Waals surface area contributed by atoms with Crippen molar-refractivity contribution < 1.29 is 33.8 Å². The molecule has 1 rings (SSSR count). The SMILES string of the molecule is CC(=O)C(=O)c1ccc(OCCOC(=O)/C(C)=C\C(=O)O)cc1. The highest BCUT2D eigenvalue weighted by Gasteiger charge is 2.11. The first-order chi connectivity index (χ1) is 10.8. The topological polar surface area (TPSA) is 107 Å². The maximum absolute atomic E-state index is 11.4. The molecule has 0 radical (unpaired) electrons. The molecule has 0 heterocycles. The number of hydrogen-bond donors (Lipinski definition) is 1. The van der Waals surface area contributed by atoms with Crippen molar-refractivity contribution in [1.29, 1.82) is 0 Å². The molecular weight excluding hydrogens is 304 g/mol. The van der Waals surface area contributed by atoms with E-state index in [0.29, 0.717) is 5.75 Å². The van der Waals surface area contributed by atoms with Gasteiger partial charge in [-0.05, 0) is 31.2 Å². The van der Waals surface area contributed by atoms with Crippen molar-refractivity contribution in [2.24, 2.45) is 0 Å². The van der Waals surface area contributed by atoms with Crippen molar-refractivity contribution in [2.45, 2.75) is 13.8 Å². The number of aliphatic carboxylic acids is 1. The number of carbonyl (C=O) groups is 4. The molecule has 1 aromatic rings. The Morgan fingerprint density at radius 2 is 1.65 bits per heavy atom. The largest absolute Gasteiger partial charge is 0.490 e. The number of hydrogen-bond acceptors (Lipinski definition) is 6. The van der Waals surface area contributed by atoms with Crippen molar-refractivity contribution in [2.75, 3.05) is 13.2 Å². The van der Waals surface area contributed by atoms with Gasteiger partial charge in [-0.1, -0.05) is 0 Å². The standard InChI is InChI=1S/C16H16O7/c1-10(9-14(18)19)16(21)23-8-7-22-13-5-3-12(4-6-13)15(20)11(2)17/h3-6,9H,7-8H2,1-2H3,(H,18,19)/b10-9-. The third-order valence-corrected chi connectivity index (χ3v) is 2.68. The molecule has 7 heteroatoms. The quantitative estimate of drug-likeness (QED) is 0.254. The Morgan fingerprint density at radius 1 is 1.04 bits per heavy atom. The summed E-state index contributed by atoms with van der Waals surface area (Å²) < 4.78 is 10.1. The normalized spacial score (nSPS) is 10.8. The van der Waals surface area contributed by atoms with Crippen LogP contribution in [-0.2, 0) is 19.1 Å². The van der Waals surface area contributed by atoms with Gasteiger partial charge in [0.15, 0.2) is 5.78 Å². The summed E-state index contributed by atoms with van der Waals surface area (Å²) in [7, 11) is 0. The molecule has 122 valence electrons. The zero-order valence-corrected chi connectivity index (χ0v) is 12.7. The summed E-state index contributed by atoms with van der Waals surface area (Å²) in [6, 6.07) is 5.97. The smallest absolute Gasteiger partial charge is 0.334 e. The molecule has 1 N–H and O–H groups in total. The lowest BCUT2D eigenvalue weighted by Gasteiger charge is -2.08. The lowest BCUT2D eigenvalue weighted by molar-refractivity contribution is -0.140. The highest BCUT2D eigenvalue weighted by atomic mass is 16.6. The van der Waals surface area contributed by atoms with Gasteiger partial charge in [0.05, 0.1) is 0 Å². The molecule has 0 aliphatic rings. The van der Waals surface area contributed by atoms with Gasteiger partial charge in [-0.25, -0.2) is 9.59 Å². The number of carboxylic acids is 1. The van der Waals surface area contributed by atoms with Gasteiger partial charge in [-0.15, -0.1) is 0 Å². The Morgan fingerprint density at radius 3 is 2.17 bits per heavy atom. The second-order valence-corrected chi connectivity index (χ2v) is 4.56. The fraction of sp³-hybridized carbons (Fsp3) is 0.250. The van der Waals surface area contributed by atoms with Gasteiger partial charge in [-0.3, -0.25) is 9.59 Å². The number of rotatable bonds is 8. The van der Waals surface area contributed by atoms with Crippen molar-refractivity contribution in [3.63, 3.8) is 0 Å². The Hall–Kier alpha value is -2.96. The van der Waals surface area contributed by atoms with Gasteiger partial charge in [-0.2, -0.15) is 0 Å². The molecule has 0 bridgehead atoms. The molecule has 0 saturated carbocycles. The molecular formula is C16H16O7. The number of esters is 1. The van der Waals surface area contributed by atoms with Gasteiger partial charge >= 0.3 is 11.9 Å². The van der Waals surface area contributed by atoms with E-state index in [1.165, 1.54) is 38.1 Å². The summed E-state index contributed by atoms with van der Waals surface area (Å²) in [5, 5.41) is 8.49. The summed E-state index contributed by atoms with van der Waals surface area (Å²) in [6.45, 7) is 2.54. The highest BCUT2D eigenvalue weighted by Crippen LogP contribution is 2.13. The van der Waals surface area contributed by atoms with E-state index in [-0.39, 0.29) is 24.4 Å². The minimum absolute atomic E-state index is 0.0235. The van der Waals surface area contributed by atoms with E-state index in [1.54, 1.807) is 0 Å². The molecule has 0 unspecified atom stereocenters. The van der Waals surface area contributed by atoms with Gasteiger partial charge < -0.3 is 14.6 Å². The summed E-state index contributed by atoms with van der Waals surface area (Å²) in [5.74, 6) is -2.64. The van der Waals surface area contributed by atoms with E-state index in [0.717, 1.165) is 6.08 Å². The van der Waals surface area contributed by atoms with Crippen molar-refractivity contribution >= 4 is 23.5 Å². The van der Waals surface area contributed by atoms with E-state index >= 15 is 0 Å². The Bertz CT molecular complexity index is 641. The van der Waals surface area contributed by atoms with Crippen LogP contribution in [0.15, 0.2) is 35.9 Å². The van der Waals surface area contributed by atoms with Gasteiger partial charge in [0, 0.05) is 24.1 Å². The molecule has 0 fully saturated rings. The molecule has 0 aliphatic carbocycles. The molecule has 0 spiro atoms. The third kappa shape index (κ3) is 6.13. The number of benzene rings is 1. The van der Waals surface area contributed by atoms with Crippen LogP contribution >= 0.6 is 0 Å². The summed E-state index contributed by atoms with van der Waals surface area (Å²) in [6.07, 6.45) is 0.758. The molecule has 0 saturated heterocycles. The minimum atomic E-state index is -1.23. The number of ketones is 2. The Balaban J connectivity index is 2.42. The highest BCUT2D eigenvalue weighted by molar-refractivity contribution is 6.42. The second kappa shape index (κ2) is 8.47. The fourth-order valence-electron chi connectivity index (χ4n) is 1.56. The number of carboxylic acid groups (broad SMARTS) is 1. The fourth-order valence-corrected chi connectivity index (χ4v) is 1.56. The summed E-state index contributed by atoms with van der Waals surface area (Å²) >= 11 is 0. The van der Waals surface area contributed by atoms with E-state index in [4.69, 9.17) is 14.6 Å². The molecule has 7 nitrogen and oxygen atoms in total. The van der Waals surface area contributed by atoms with Crippen molar-refractivity contribution in [3.8, 4) is 5.75 Å². The van der Waals surface area contributed by atoms with E-state index in [2.05, 4.69) is 0 Å². The first-order valence-corrected chi connectivity index (χ1v) is 6.67. The Labute approximate surface area is 132 Å². The van der Waals surface area contributed by atoms with Crippen LogP contribution in [0.5, 0.6) is 5.75 Å². The Kier molecular flexibility index (Phi) is 6.67. The van der Waals surface area contributed by atoms with Gasteiger partial charge in [0.1, 0.15) is 19.0 Å². The maximum Gasteiger partial charge on any atom is 0.334 e. The predicted octanol–water partition coefficient (Wildman–Crippen LogP) is 1.41. The number of carbonyl (C=O) groups excluding carboxylic acids is 3. The number of Topliss-reactive ketones (excluding diaryl/α,β-unsaturated/α-hetero) is 2. The summed E-state index contributed by atoms with van der Waals surface area (Å²) in [4.78, 5) is 44.2. The molecule has 0 atom stereocenters. The zero-order chi connectivity index (χ0) is 17.4. The van der Waals surface area contributed by atoms with Crippen LogP contribution in [0.4, 0.5) is 0 Å². The predicted molar refractivity (Wildman–Crippen MR) is 79.3 cm³/mol. The average Bonchev–Trinajstić information content (AvgIpc) is 2.50. The van der Waals surface area contributed by atoms with Gasteiger partial charge in [0.25, 0.3) is 0 Å². The number of ether oxygens (including phenoxy) is 2. The van der Waals surface area contributed by atoms with Gasteiger partial charge in [0.2, 0.25) is 5.78 Å². The first kappa shape index (κ1) is 18.1. The van der Waals surface area contributed by atoms with Crippen molar-refractivity contribution in [1.82, 2.24) is 0 Å². The van der Waals surface area contributed by atoms with E-state index in [1.807, 2.05) is 0 Å². The van der Waals surface area contributed by atoms with Crippen LogP contribution in [0.1, 0.15) is 24.2 Å². The van der Waals surface area contributed by atoms with Crippen LogP contribution in [0.2, 0.25) is 0 Å². The van der Waals surface area contributed by atoms with Crippen molar-refractivity contribution in [3.05, 3.63) is 41.5 Å². The zero-order valence-electron chi connectivity index (χ0n) is 12.7. The first-order valence-electron chi connectivity index (χ1n) is 6.67. The maximum atomic E-state index is 11.4. The molecule has 1 aromatic carbocycles. The van der Waals surface area contributed by atoms with Crippen LogP contribution in [0.3, 0.4) is 0 Å². The van der Waals surface area contributed by atoms with E-state index < -0.39 is 23.5 Å². The molecule has 0 amide bonds. The summed E-state index contributed by atoms with van der Waals surface area (Å²) in [5.41, 5.74) is 0.246. The van der Waals surface area contributed by atoms with Crippen LogP contribution in [0, 0.1) is 0 Å². The minimum Gasteiger partial charge on any atom is -0.490 e.